The first-order valence-corrected chi connectivity index (χ1v) is 9.47. The summed E-state index contributed by atoms with van der Waals surface area (Å²) in [5.41, 5.74) is -0.801. The van der Waals surface area contributed by atoms with Gasteiger partial charge in [0.1, 0.15) is 5.82 Å². The molecule has 0 unspecified atom stereocenters. The third-order valence-corrected chi connectivity index (χ3v) is 5.19. The number of thioether (sulfide) groups is 1. The first-order chi connectivity index (χ1) is 13.7. The van der Waals surface area contributed by atoms with Crippen LogP contribution in [-0.4, -0.2) is 26.4 Å². The highest BCUT2D eigenvalue weighted by atomic mass is 35.5. The molecule has 0 aliphatic carbocycles. The highest BCUT2D eigenvalue weighted by Crippen LogP contribution is 2.36. The summed E-state index contributed by atoms with van der Waals surface area (Å²) >= 11 is 6.57. The molecule has 0 aliphatic heterocycles. The summed E-state index contributed by atoms with van der Waals surface area (Å²) in [6, 6.07) is 9.18. The number of halogens is 5. The van der Waals surface area contributed by atoms with Gasteiger partial charge in [-0.25, -0.2) is 4.39 Å². The van der Waals surface area contributed by atoms with Crippen molar-refractivity contribution in [3.8, 4) is 11.4 Å². The molecule has 11 heteroatoms. The van der Waals surface area contributed by atoms with Gasteiger partial charge in [0.05, 0.1) is 21.9 Å². The van der Waals surface area contributed by atoms with E-state index in [-0.39, 0.29) is 17.0 Å². The lowest BCUT2D eigenvalue weighted by Crippen LogP contribution is -2.15. The van der Waals surface area contributed by atoms with Crippen LogP contribution in [0.3, 0.4) is 0 Å². The van der Waals surface area contributed by atoms with E-state index in [2.05, 4.69) is 15.5 Å². The van der Waals surface area contributed by atoms with E-state index in [1.165, 1.54) is 16.7 Å². The average molecular weight is 445 g/mol. The molecule has 1 heterocycles. The van der Waals surface area contributed by atoms with Crippen LogP contribution in [0.15, 0.2) is 47.6 Å². The van der Waals surface area contributed by atoms with Gasteiger partial charge in [-0.1, -0.05) is 35.5 Å². The number of carbonyl (C=O) groups is 1. The fourth-order valence-corrected chi connectivity index (χ4v) is 3.40. The third kappa shape index (κ3) is 4.88. The molecule has 0 saturated carbocycles. The van der Waals surface area contributed by atoms with Crippen molar-refractivity contribution in [3.63, 3.8) is 0 Å². The third-order valence-electron chi connectivity index (χ3n) is 3.84. The number of hydrogen-bond acceptors (Lipinski definition) is 4. The minimum absolute atomic E-state index is 0.0302. The molecular formula is C18H13ClF4N4OS. The molecule has 1 aromatic heterocycles. The summed E-state index contributed by atoms with van der Waals surface area (Å²) < 4.78 is 54.2. The molecule has 0 fully saturated rings. The number of rotatable bonds is 5. The molecule has 3 rings (SSSR count). The molecule has 152 valence electrons. The molecule has 2 aromatic carbocycles. The minimum atomic E-state index is -4.63. The van der Waals surface area contributed by atoms with Gasteiger partial charge in [-0.05, 0) is 30.3 Å². The Kier molecular flexibility index (Phi) is 6.13. The molecule has 3 aromatic rings. The summed E-state index contributed by atoms with van der Waals surface area (Å²) in [6.07, 6.45) is -4.63. The standard InChI is InChI=1S/C18H13ClF4N4OS/c1-27-16(11-4-2-3-5-14(11)20)25-26-17(27)29-9-15(28)24-10-6-7-13(19)12(8-10)18(21,22)23/h2-8H,9H2,1H3,(H,24,28). The fraction of sp³-hybridized carbons (Fsp3) is 0.167. The Hall–Kier alpha value is -2.59. The number of benzene rings is 2. The van der Waals surface area contributed by atoms with Crippen LogP contribution in [0.2, 0.25) is 5.02 Å². The van der Waals surface area contributed by atoms with Gasteiger partial charge in [0.2, 0.25) is 5.91 Å². The predicted octanol–water partition coefficient (Wildman–Crippen LogP) is 5.02. The molecule has 0 aliphatic rings. The van der Waals surface area contributed by atoms with Gasteiger partial charge < -0.3 is 9.88 Å². The number of anilines is 1. The Bertz CT molecular complexity index is 1050. The molecule has 0 atom stereocenters. The maximum atomic E-state index is 13.9. The number of nitrogens with zero attached hydrogens (tertiary/aromatic N) is 3. The Morgan fingerprint density at radius 2 is 1.93 bits per heavy atom. The van der Waals surface area contributed by atoms with E-state index in [9.17, 15) is 22.4 Å². The molecule has 0 spiro atoms. The molecule has 0 bridgehead atoms. The largest absolute Gasteiger partial charge is 0.417 e. The summed E-state index contributed by atoms with van der Waals surface area (Å²) in [7, 11) is 1.62. The predicted molar refractivity (Wildman–Crippen MR) is 102 cm³/mol. The first kappa shape index (κ1) is 21.1. The van der Waals surface area contributed by atoms with Gasteiger partial charge >= 0.3 is 6.18 Å². The monoisotopic (exact) mass is 444 g/mol. The van der Waals surface area contributed by atoms with Crippen LogP contribution in [0.4, 0.5) is 23.2 Å². The smallest absolute Gasteiger partial charge is 0.325 e. The second-order valence-corrected chi connectivity index (χ2v) is 7.22. The Balaban J connectivity index is 1.67. The van der Waals surface area contributed by atoms with E-state index in [4.69, 9.17) is 11.6 Å². The van der Waals surface area contributed by atoms with Crippen molar-refractivity contribution >= 4 is 35.0 Å². The lowest BCUT2D eigenvalue weighted by molar-refractivity contribution is -0.137. The zero-order valence-corrected chi connectivity index (χ0v) is 16.4. The average Bonchev–Trinajstić information content (AvgIpc) is 3.01. The lowest BCUT2D eigenvalue weighted by atomic mass is 10.2. The van der Waals surface area contributed by atoms with Crippen molar-refractivity contribution in [1.29, 1.82) is 0 Å². The minimum Gasteiger partial charge on any atom is -0.325 e. The second-order valence-electron chi connectivity index (χ2n) is 5.87. The summed E-state index contributed by atoms with van der Waals surface area (Å²) in [5.74, 6) is -0.840. The fourth-order valence-electron chi connectivity index (χ4n) is 2.47. The van der Waals surface area contributed by atoms with E-state index in [0.717, 1.165) is 23.9 Å². The van der Waals surface area contributed by atoms with E-state index < -0.39 is 28.5 Å². The first-order valence-electron chi connectivity index (χ1n) is 8.10. The van der Waals surface area contributed by atoms with Gasteiger partial charge in [0, 0.05) is 12.7 Å². The number of alkyl halides is 3. The molecule has 0 saturated heterocycles. The summed E-state index contributed by atoms with van der Waals surface area (Å²) in [5, 5.41) is 10.2. The number of aromatic nitrogens is 3. The molecule has 0 radical (unpaired) electrons. The molecular weight excluding hydrogens is 432 g/mol. The molecule has 29 heavy (non-hydrogen) atoms. The van der Waals surface area contributed by atoms with Crippen LogP contribution in [0.5, 0.6) is 0 Å². The zero-order valence-electron chi connectivity index (χ0n) is 14.8. The van der Waals surface area contributed by atoms with Crippen LogP contribution >= 0.6 is 23.4 Å². The molecule has 5 nitrogen and oxygen atoms in total. The van der Waals surface area contributed by atoms with Gasteiger partial charge in [0.15, 0.2) is 11.0 Å². The van der Waals surface area contributed by atoms with Crippen molar-refractivity contribution in [2.45, 2.75) is 11.3 Å². The van der Waals surface area contributed by atoms with Crippen LogP contribution < -0.4 is 5.32 Å². The number of nitrogens with one attached hydrogen (secondary N) is 1. The maximum absolute atomic E-state index is 13.9. The van der Waals surface area contributed by atoms with Crippen LogP contribution in [0, 0.1) is 5.82 Å². The Labute approximate surface area is 172 Å². The van der Waals surface area contributed by atoms with Crippen molar-refractivity contribution in [2.24, 2.45) is 7.05 Å². The normalized spacial score (nSPS) is 11.5. The van der Waals surface area contributed by atoms with Gasteiger partial charge in [0.25, 0.3) is 0 Å². The van der Waals surface area contributed by atoms with Gasteiger partial charge in [-0.2, -0.15) is 13.2 Å². The summed E-state index contributed by atoms with van der Waals surface area (Å²) in [6.45, 7) is 0. The van der Waals surface area contributed by atoms with Crippen LogP contribution in [-0.2, 0) is 18.0 Å². The zero-order chi connectivity index (χ0) is 21.2. The van der Waals surface area contributed by atoms with Crippen molar-refractivity contribution < 1.29 is 22.4 Å². The van der Waals surface area contributed by atoms with Crippen molar-refractivity contribution in [3.05, 3.63) is 58.9 Å². The lowest BCUT2D eigenvalue weighted by Gasteiger charge is -2.11. The summed E-state index contributed by atoms with van der Waals surface area (Å²) in [4.78, 5) is 12.1. The van der Waals surface area contributed by atoms with E-state index in [0.29, 0.717) is 11.0 Å². The number of hydrogen-bond donors (Lipinski definition) is 1. The van der Waals surface area contributed by atoms with Gasteiger partial charge in [-0.3, -0.25) is 4.79 Å². The Morgan fingerprint density at radius 3 is 2.62 bits per heavy atom. The van der Waals surface area contributed by atoms with Crippen LogP contribution in [0.25, 0.3) is 11.4 Å². The van der Waals surface area contributed by atoms with E-state index in [1.807, 2.05) is 0 Å². The van der Waals surface area contributed by atoms with Crippen molar-refractivity contribution in [1.82, 2.24) is 14.8 Å². The molecule has 1 N–H and O–H groups in total. The topological polar surface area (TPSA) is 59.8 Å². The highest BCUT2D eigenvalue weighted by molar-refractivity contribution is 7.99. The quantitative estimate of drug-likeness (QED) is 0.443. The Morgan fingerprint density at radius 1 is 1.21 bits per heavy atom. The van der Waals surface area contributed by atoms with Crippen LogP contribution in [0.1, 0.15) is 5.56 Å². The molecule has 1 amide bonds. The highest BCUT2D eigenvalue weighted by Gasteiger charge is 2.33. The number of carbonyl (C=O) groups excluding carboxylic acids is 1. The van der Waals surface area contributed by atoms with E-state index >= 15 is 0 Å². The number of amides is 1. The van der Waals surface area contributed by atoms with Gasteiger partial charge in [-0.15, -0.1) is 10.2 Å². The SMILES string of the molecule is Cn1c(SCC(=O)Nc2ccc(Cl)c(C(F)(F)F)c2)nnc1-c1ccccc1F. The second kappa shape index (κ2) is 8.42. The van der Waals surface area contributed by atoms with E-state index in [1.54, 1.807) is 25.2 Å². The maximum Gasteiger partial charge on any atom is 0.417 e. The van der Waals surface area contributed by atoms with Crippen molar-refractivity contribution in [2.75, 3.05) is 11.1 Å².